The third-order valence-electron chi connectivity index (χ3n) is 6.04. The molecule has 3 aliphatic heterocycles. The molecule has 2 amide bonds. The predicted molar refractivity (Wildman–Crippen MR) is 107 cm³/mol. The van der Waals surface area contributed by atoms with Gasteiger partial charge in [0.05, 0.1) is 16.5 Å². The van der Waals surface area contributed by atoms with E-state index in [2.05, 4.69) is 12.2 Å². The van der Waals surface area contributed by atoms with Crippen LogP contribution in [-0.4, -0.2) is 61.7 Å². The highest BCUT2D eigenvalue weighted by atomic mass is 32.2. The van der Waals surface area contributed by atoms with Gasteiger partial charge in [0.1, 0.15) is 5.75 Å². The quantitative estimate of drug-likeness (QED) is 0.803. The van der Waals surface area contributed by atoms with Gasteiger partial charge < -0.3 is 15.0 Å². The van der Waals surface area contributed by atoms with Crippen molar-refractivity contribution in [1.82, 2.24) is 9.21 Å². The van der Waals surface area contributed by atoms with Crippen LogP contribution in [0.3, 0.4) is 0 Å². The molecule has 1 N–H and O–H groups in total. The number of piperidine rings is 2. The van der Waals surface area contributed by atoms with Gasteiger partial charge in [-0.15, -0.1) is 0 Å². The first-order valence-electron chi connectivity index (χ1n) is 10.2. The summed E-state index contributed by atoms with van der Waals surface area (Å²) in [6.45, 7) is 3.33. The molecule has 2 fully saturated rings. The van der Waals surface area contributed by atoms with Gasteiger partial charge in [0.2, 0.25) is 15.9 Å². The average molecular weight is 422 g/mol. The van der Waals surface area contributed by atoms with Gasteiger partial charge in [-0.2, -0.15) is 4.31 Å². The number of nitrogens with zero attached hydrogens (tertiary/aromatic N) is 2. The number of ether oxygens (including phenoxy) is 1. The van der Waals surface area contributed by atoms with Crippen LogP contribution in [-0.2, 0) is 19.6 Å². The SMILES string of the molecule is C[C@@H]1CCCCN1C(=O)[C@H]1CCCN(S(=O)(=O)c2ccc3c(c2)NC(=O)CO3)C1. The van der Waals surface area contributed by atoms with Crippen molar-refractivity contribution < 1.29 is 22.7 Å². The van der Waals surface area contributed by atoms with E-state index in [1.54, 1.807) is 6.07 Å². The average Bonchev–Trinajstić information content (AvgIpc) is 2.73. The predicted octanol–water partition coefficient (Wildman–Crippen LogP) is 1.82. The monoisotopic (exact) mass is 421 g/mol. The number of sulfonamides is 1. The fraction of sp³-hybridized carbons (Fsp3) is 0.600. The Hall–Kier alpha value is -2.13. The lowest BCUT2D eigenvalue weighted by atomic mass is 9.95. The molecule has 3 heterocycles. The molecule has 0 spiro atoms. The van der Waals surface area contributed by atoms with Crippen LogP contribution in [0, 0.1) is 5.92 Å². The fourth-order valence-electron chi connectivity index (χ4n) is 4.39. The van der Waals surface area contributed by atoms with E-state index < -0.39 is 10.0 Å². The Morgan fingerprint density at radius 3 is 2.79 bits per heavy atom. The van der Waals surface area contributed by atoms with Crippen molar-refractivity contribution in [3.05, 3.63) is 18.2 Å². The normalized spacial score (nSPS) is 25.7. The molecule has 2 atom stereocenters. The molecule has 8 nitrogen and oxygen atoms in total. The third kappa shape index (κ3) is 3.98. The lowest BCUT2D eigenvalue weighted by Crippen LogP contribution is -2.50. The third-order valence-corrected chi connectivity index (χ3v) is 7.90. The highest BCUT2D eigenvalue weighted by molar-refractivity contribution is 7.89. The minimum atomic E-state index is -3.77. The Kier molecular flexibility index (Phi) is 5.52. The summed E-state index contributed by atoms with van der Waals surface area (Å²) in [5.74, 6) is -0.0939. The number of nitrogens with one attached hydrogen (secondary N) is 1. The Bertz CT molecular complexity index is 917. The summed E-state index contributed by atoms with van der Waals surface area (Å²) < 4.78 is 33.1. The summed E-state index contributed by atoms with van der Waals surface area (Å²) in [6.07, 6.45) is 4.51. The molecule has 0 aromatic heterocycles. The summed E-state index contributed by atoms with van der Waals surface area (Å²) in [5.41, 5.74) is 0.356. The molecule has 2 saturated heterocycles. The molecular weight excluding hydrogens is 394 g/mol. The van der Waals surface area contributed by atoms with E-state index in [4.69, 9.17) is 4.74 Å². The zero-order chi connectivity index (χ0) is 20.6. The van der Waals surface area contributed by atoms with Gasteiger partial charge in [0.15, 0.2) is 6.61 Å². The van der Waals surface area contributed by atoms with E-state index in [-0.39, 0.29) is 41.8 Å². The first-order valence-corrected chi connectivity index (χ1v) is 11.7. The molecule has 4 rings (SSSR count). The Balaban J connectivity index is 1.52. The smallest absolute Gasteiger partial charge is 0.262 e. The molecule has 1 aromatic rings. The first kappa shape index (κ1) is 20.2. The standard InChI is InChI=1S/C20H27N3O5S/c1-14-5-2-3-10-23(14)20(25)15-6-4-9-22(12-15)29(26,27)16-7-8-18-17(11-16)21-19(24)13-28-18/h7-8,11,14-15H,2-6,9-10,12-13H2,1H3,(H,21,24)/t14-,15+/m1/s1. The van der Waals surface area contributed by atoms with Crippen molar-refractivity contribution in [1.29, 1.82) is 0 Å². The van der Waals surface area contributed by atoms with Gasteiger partial charge in [0.25, 0.3) is 5.91 Å². The van der Waals surface area contributed by atoms with Crippen molar-refractivity contribution in [2.24, 2.45) is 5.92 Å². The van der Waals surface area contributed by atoms with Crippen molar-refractivity contribution >= 4 is 27.5 Å². The van der Waals surface area contributed by atoms with E-state index in [0.29, 0.717) is 30.8 Å². The second-order valence-electron chi connectivity index (χ2n) is 8.07. The number of rotatable bonds is 3. The second-order valence-corrected chi connectivity index (χ2v) is 10.0. The Morgan fingerprint density at radius 1 is 1.17 bits per heavy atom. The van der Waals surface area contributed by atoms with E-state index in [0.717, 1.165) is 25.8 Å². The van der Waals surface area contributed by atoms with Gasteiger partial charge in [-0.25, -0.2) is 8.42 Å². The summed E-state index contributed by atoms with van der Waals surface area (Å²) in [6, 6.07) is 4.69. The van der Waals surface area contributed by atoms with Crippen molar-refractivity contribution in [2.75, 3.05) is 31.6 Å². The molecular formula is C20H27N3O5S. The molecule has 0 aliphatic carbocycles. The maximum Gasteiger partial charge on any atom is 0.262 e. The van der Waals surface area contributed by atoms with Gasteiger partial charge in [0, 0.05) is 25.7 Å². The maximum absolute atomic E-state index is 13.2. The minimum Gasteiger partial charge on any atom is -0.482 e. The summed E-state index contributed by atoms with van der Waals surface area (Å²) in [7, 11) is -3.77. The molecule has 0 bridgehead atoms. The van der Waals surface area contributed by atoms with Crippen LogP contribution in [0.15, 0.2) is 23.1 Å². The van der Waals surface area contributed by atoms with Crippen LogP contribution < -0.4 is 10.1 Å². The number of carbonyl (C=O) groups is 2. The van der Waals surface area contributed by atoms with Crippen LogP contribution in [0.25, 0.3) is 0 Å². The van der Waals surface area contributed by atoms with E-state index in [1.165, 1.54) is 16.4 Å². The summed E-state index contributed by atoms with van der Waals surface area (Å²) >= 11 is 0. The minimum absolute atomic E-state index is 0.0724. The molecule has 29 heavy (non-hydrogen) atoms. The number of hydrogen-bond donors (Lipinski definition) is 1. The van der Waals surface area contributed by atoms with Crippen LogP contribution in [0.2, 0.25) is 0 Å². The second kappa shape index (κ2) is 7.95. The number of fused-ring (bicyclic) bond motifs is 1. The van der Waals surface area contributed by atoms with Gasteiger partial charge >= 0.3 is 0 Å². The molecule has 158 valence electrons. The molecule has 0 radical (unpaired) electrons. The van der Waals surface area contributed by atoms with Crippen LogP contribution in [0.1, 0.15) is 39.0 Å². The highest BCUT2D eigenvalue weighted by Crippen LogP contribution is 2.33. The summed E-state index contributed by atoms with van der Waals surface area (Å²) in [4.78, 5) is 26.6. The number of carbonyl (C=O) groups excluding carboxylic acids is 2. The zero-order valence-corrected chi connectivity index (χ0v) is 17.4. The number of benzene rings is 1. The zero-order valence-electron chi connectivity index (χ0n) is 16.6. The van der Waals surface area contributed by atoms with E-state index >= 15 is 0 Å². The molecule has 3 aliphatic rings. The topological polar surface area (TPSA) is 96.0 Å². The van der Waals surface area contributed by atoms with Crippen LogP contribution >= 0.6 is 0 Å². The number of hydrogen-bond acceptors (Lipinski definition) is 5. The van der Waals surface area contributed by atoms with Gasteiger partial charge in [-0.05, 0) is 57.2 Å². The molecule has 0 saturated carbocycles. The van der Waals surface area contributed by atoms with Crippen LogP contribution in [0.4, 0.5) is 5.69 Å². The van der Waals surface area contributed by atoms with Gasteiger partial charge in [-0.1, -0.05) is 0 Å². The maximum atomic E-state index is 13.2. The van der Waals surface area contributed by atoms with Gasteiger partial charge in [-0.3, -0.25) is 9.59 Å². The highest BCUT2D eigenvalue weighted by Gasteiger charge is 2.37. The molecule has 9 heteroatoms. The summed E-state index contributed by atoms with van der Waals surface area (Å²) in [5, 5.41) is 2.64. The first-order chi connectivity index (χ1) is 13.9. The van der Waals surface area contributed by atoms with E-state index in [1.807, 2.05) is 4.90 Å². The van der Waals surface area contributed by atoms with E-state index in [9.17, 15) is 18.0 Å². The number of amides is 2. The van der Waals surface area contributed by atoms with Crippen molar-refractivity contribution in [2.45, 2.75) is 50.0 Å². The lowest BCUT2D eigenvalue weighted by molar-refractivity contribution is -0.140. The van der Waals surface area contributed by atoms with Crippen molar-refractivity contribution in [3.8, 4) is 5.75 Å². The Labute approximate surface area is 171 Å². The largest absolute Gasteiger partial charge is 0.482 e. The molecule has 1 aromatic carbocycles. The van der Waals surface area contributed by atoms with Crippen molar-refractivity contribution in [3.63, 3.8) is 0 Å². The fourth-order valence-corrected chi connectivity index (χ4v) is 5.94. The lowest BCUT2D eigenvalue weighted by Gasteiger charge is -2.39. The number of anilines is 1. The van der Waals surface area contributed by atoms with Crippen LogP contribution in [0.5, 0.6) is 5.75 Å². The molecule has 0 unspecified atom stereocenters. The Morgan fingerprint density at radius 2 is 2.00 bits per heavy atom. The number of likely N-dealkylation sites (tertiary alicyclic amines) is 1.